The lowest BCUT2D eigenvalue weighted by molar-refractivity contribution is -0.137. The number of nitrogens with one attached hydrogen (secondary N) is 3. The maximum Gasteiger partial charge on any atom is 0.416 e. The van der Waals surface area contributed by atoms with Gasteiger partial charge in [0.25, 0.3) is 0 Å². The monoisotopic (exact) mass is 338 g/mol. The van der Waals surface area contributed by atoms with Crippen molar-refractivity contribution >= 4 is 11.6 Å². The minimum Gasteiger partial charge on any atom is -0.323 e. The number of anilines is 1. The molecule has 0 aliphatic carbocycles. The topological polar surface area (TPSA) is 69.8 Å². The molecular formula is C16H17F3N4O. The molecule has 3 N–H and O–H groups in total. The van der Waals surface area contributed by atoms with Crippen LogP contribution in [0.1, 0.15) is 29.2 Å². The quantitative estimate of drug-likeness (QED) is 0.803. The molecule has 1 unspecified atom stereocenters. The third-order valence-electron chi connectivity index (χ3n) is 4.03. The van der Waals surface area contributed by atoms with E-state index in [9.17, 15) is 18.0 Å². The lowest BCUT2D eigenvalue weighted by atomic mass is 10.0. The molecule has 8 heteroatoms. The number of alkyl halides is 3. The van der Waals surface area contributed by atoms with E-state index >= 15 is 0 Å². The van der Waals surface area contributed by atoms with Crippen molar-refractivity contribution in [1.29, 1.82) is 0 Å². The summed E-state index contributed by atoms with van der Waals surface area (Å²) in [5.74, 6) is -0.126. The summed E-state index contributed by atoms with van der Waals surface area (Å²) in [6, 6.07) is 4.80. The Hall–Kier alpha value is -2.35. The van der Waals surface area contributed by atoms with Gasteiger partial charge in [0.05, 0.1) is 29.6 Å². The molecule has 1 aromatic heterocycles. The van der Waals surface area contributed by atoms with Crippen LogP contribution >= 0.6 is 0 Å². The van der Waals surface area contributed by atoms with Gasteiger partial charge in [-0.2, -0.15) is 18.3 Å². The van der Waals surface area contributed by atoms with Crippen molar-refractivity contribution < 1.29 is 18.0 Å². The second kappa shape index (κ2) is 6.64. The Kier molecular flexibility index (Phi) is 4.57. The van der Waals surface area contributed by atoms with Gasteiger partial charge in [0.1, 0.15) is 0 Å². The number of amides is 1. The molecular weight excluding hydrogens is 321 g/mol. The number of aromatic nitrogens is 2. The molecule has 0 bridgehead atoms. The number of nitrogens with zero attached hydrogens (tertiary/aromatic N) is 1. The Morgan fingerprint density at radius 2 is 2.21 bits per heavy atom. The van der Waals surface area contributed by atoms with Gasteiger partial charge in [-0.05, 0) is 24.6 Å². The first kappa shape index (κ1) is 16.5. The van der Waals surface area contributed by atoms with E-state index in [1.165, 1.54) is 18.3 Å². The molecule has 1 amide bonds. The highest BCUT2D eigenvalue weighted by molar-refractivity contribution is 5.92. The maximum absolute atomic E-state index is 12.7. The van der Waals surface area contributed by atoms with Gasteiger partial charge in [-0.15, -0.1) is 0 Å². The third-order valence-corrected chi connectivity index (χ3v) is 4.03. The highest BCUT2D eigenvalue weighted by Crippen LogP contribution is 2.30. The van der Waals surface area contributed by atoms with E-state index in [0.717, 1.165) is 37.3 Å². The van der Waals surface area contributed by atoms with Gasteiger partial charge in [0.2, 0.25) is 5.91 Å². The van der Waals surface area contributed by atoms with Gasteiger partial charge in [0, 0.05) is 12.5 Å². The van der Waals surface area contributed by atoms with Crippen LogP contribution in [0, 0.1) is 0 Å². The van der Waals surface area contributed by atoms with Gasteiger partial charge in [-0.25, -0.2) is 0 Å². The van der Waals surface area contributed by atoms with Crippen LogP contribution in [0.15, 0.2) is 30.5 Å². The number of carbonyl (C=O) groups is 1. The Labute approximate surface area is 136 Å². The van der Waals surface area contributed by atoms with Crippen LogP contribution in [0.25, 0.3) is 0 Å². The Bertz CT molecular complexity index is 720. The van der Waals surface area contributed by atoms with Gasteiger partial charge >= 0.3 is 6.18 Å². The van der Waals surface area contributed by atoms with Crippen LogP contribution in [0.2, 0.25) is 0 Å². The fraction of sp³-hybridized carbons (Fsp3) is 0.375. The van der Waals surface area contributed by atoms with E-state index in [0.29, 0.717) is 11.3 Å². The van der Waals surface area contributed by atoms with Crippen LogP contribution < -0.4 is 10.6 Å². The molecule has 0 saturated carbocycles. The summed E-state index contributed by atoms with van der Waals surface area (Å²) < 4.78 is 38.2. The number of hydrogen-bond acceptors (Lipinski definition) is 3. The van der Waals surface area contributed by atoms with Crippen LogP contribution in [0.3, 0.4) is 0 Å². The number of benzene rings is 1. The molecule has 3 rings (SSSR count). The molecule has 1 fully saturated rings. The van der Waals surface area contributed by atoms with Crippen molar-refractivity contribution in [2.24, 2.45) is 0 Å². The highest BCUT2D eigenvalue weighted by Gasteiger charge is 2.30. The fourth-order valence-electron chi connectivity index (χ4n) is 2.85. The van der Waals surface area contributed by atoms with Crippen LogP contribution in [-0.4, -0.2) is 29.2 Å². The minimum atomic E-state index is -4.42. The first-order chi connectivity index (χ1) is 11.4. The number of carbonyl (C=O) groups excluding carboxylic acids is 1. The van der Waals surface area contributed by atoms with Gasteiger partial charge in [-0.1, -0.05) is 18.2 Å². The van der Waals surface area contributed by atoms with Crippen molar-refractivity contribution in [3.8, 4) is 0 Å². The van der Waals surface area contributed by atoms with Gasteiger partial charge in [0.15, 0.2) is 0 Å². The number of halogens is 3. The molecule has 2 heterocycles. The average Bonchev–Trinajstić information content (AvgIpc) is 3.17. The molecule has 1 aliphatic rings. The standard InChI is InChI=1S/C16H17F3N4O/c17-16(18,19)12-3-1-2-10(6-12)7-14(24)22-13-9-21-23-15(13)11-4-5-20-8-11/h1-3,6,9,11,20H,4-5,7-8H2,(H,21,23)(H,22,24). The van der Waals surface area contributed by atoms with E-state index in [-0.39, 0.29) is 18.2 Å². The SMILES string of the molecule is O=C(Cc1cccc(C(F)(F)F)c1)Nc1cn[nH]c1C1CCNC1. The molecule has 5 nitrogen and oxygen atoms in total. The third kappa shape index (κ3) is 3.76. The summed E-state index contributed by atoms with van der Waals surface area (Å²) in [6.07, 6.45) is -2.08. The molecule has 0 radical (unpaired) electrons. The highest BCUT2D eigenvalue weighted by atomic mass is 19.4. The normalized spacial score (nSPS) is 17.9. The molecule has 0 spiro atoms. The van der Waals surface area contributed by atoms with E-state index < -0.39 is 11.7 Å². The van der Waals surface area contributed by atoms with Crippen molar-refractivity contribution in [2.75, 3.05) is 18.4 Å². The number of H-pyrrole nitrogens is 1. The number of rotatable bonds is 4. The summed E-state index contributed by atoms with van der Waals surface area (Å²) in [5, 5.41) is 12.8. The van der Waals surface area contributed by atoms with E-state index in [1.54, 1.807) is 0 Å². The predicted octanol–water partition coefficient (Wildman–Crippen LogP) is 2.69. The lowest BCUT2D eigenvalue weighted by Crippen LogP contribution is -2.17. The first-order valence-electron chi connectivity index (χ1n) is 7.63. The minimum absolute atomic E-state index is 0.128. The Morgan fingerprint density at radius 1 is 1.38 bits per heavy atom. The molecule has 1 aromatic carbocycles. The van der Waals surface area contributed by atoms with Crippen LogP contribution in [-0.2, 0) is 17.4 Å². The van der Waals surface area contributed by atoms with Crippen molar-refractivity contribution in [3.63, 3.8) is 0 Å². The summed E-state index contributed by atoms with van der Waals surface area (Å²) >= 11 is 0. The maximum atomic E-state index is 12.7. The smallest absolute Gasteiger partial charge is 0.323 e. The zero-order valence-electron chi connectivity index (χ0n) is 12.8. The van der Waals surface area contributed by atoms with E-state index in [2.05, 4.69) is 20.8 Å². The summed E-state index contributed by atoms with van der Waals surface area (Å²) in [4.78, 5) is 12.2. The molecule has 1 atom stereocenters. The first-order valence-corrected chi connectivity index (χ1v) is 7.63. The van der Waals surface area contributed by atoms with Crippen LogP contribution in [0.5, 0.6) is 0 Å². The number of hydrogen-bond donors (Lipinski definition) is 3. The molecule has 1 saturated heterocycles. The number of aromatic amines is 1. The van der Waals surface area contributed by atoms with Gasteiger partial charge in [-0.3, -0.25) is 9.89 Å². The van der Waals surface area contributed by atoms with Crippen LogP contribution in [0.4, 0.5) is 18.9 Å². The zero-order chi connectivity index (χ0) is 17.2. The average molecular weight is 338 g/mol. The second-order valence-electron chi connectivity index (χ2n) is 5.81. The summed E-state index contributed by atoms with van der Waals surface area (Å²) in [6.45, 7) is 1.71. The van der Waals surface area contributed by atoms with Crippen molar-refractivity contribution in [1.82, 2.24) is 15.5 Å². The molecule has 24 heavy (non-hydrogen) atoms. The predicted molar refractivity (Wildman–Crippen MR) is 82.6 cm³/mol. The molecule has 128 valence electrons. The summed E-state index contributed by atoms with van der Waals surface area (Å²) in [5.41, 5.74) is 0.988. The second-order valence-corrected chi connectivity index (χ2v) is 5.81. The largest absolute Gasteiger partial charge is 0.416 e. The van der Waals surface area contributed by atoms with E-state index in [1.807, 2.05) is 0 Å². The zero-order valence-corrected chi connectivity index (χ0v) is 12.8. The van der Waals surface area contributed by atoms with Gasteiger partial charge < -0.3 is 10.6 Å². The van der Waals surface area contributed by atoms with Crippen molar-refractivity contribution in [2.45, 2.75) is 24.9 Å². The molecule has 1 aliphatic heterocycles. The van der Waals surface area contributed by atoms with E-state index in [4.69, 9.17) is 0 Å². The Balaban J connectivity index is 1.67. The lowest BCUT2D eigenvalue weighted by Gasteiger charge is -2.11. The fourth-order valence-corrected chi connectivity index (χ4v) is 2.85. The molecule has 2 aromatic rings. The Morgan fingerprint density at radius 3 is 2.92 bits per heavy atom. The summed E-state index contributed by atoms with van der Waals surface area (Å²) in [7, 11) is 0. The van der Waals surface area contributed by atoms with Crippen molar-refractivity contribution in [3.05, 3.63) is 47.3 Å².